The van der Waals surface area contributed by atoms with Crippen LogP contribution in [-0.4, -0.2) is 21.0 Å². The molecule has 0 aliphatic carbocycles. The summed E-state index contributed by atoms with van der Waals surface area (Å²) in [6.07, 6.45) is 0. The Morgan fingerprint density at radius 2 is 2.27 bits per heavy atom. The summed E-state index contributed by atoms with van der Waals surface area (Å²) < 4.78 is 13.8. The molecule has 0 aromatic heterocycles. The summed E-state index contributed by atoms with van der Waals surface area (Å²) in [5.74, 6) is -0.610. The molecule has 0 heterocycles. The van der Waals surface area contributed by atoms with Gasteiger partial charge in [0.1, 0.15) is 11.0 Å². The van der Waals surface area contributed by atoms with Crippen LogP contribution in [0.3, 0.4) is 0 Å². The SMILES string of the molecule is CCS(=O)Nc1ccc(C(=O)O)c(Cl)c1. The van der Waals surface area contributed by atoms with Gasteiger partial charge in [-0.05, 0) is 18.2 Å². The normalized spacial score (nSPS) is 12.1. The molecule has 0 saturated heterocycles. The Morgan fingerprint density at radius 1 is 1.60 bits per heavy atom. The van der Waals surface area contributed by atoms with Crippen LogP contribution in [0, 0.1) is 0 Å². The van der Waals surface area contributed by atoms with E-state index in [0.717, 1.165) is 0 Å². The predicted molar refractivity (Wildman–Crippen MR) is 60.7 cm³/mol. The number of nitrogens with one attached hydrogen (secondary N) is 1. The van der Waals surface area contributed by atoms with Crippen LogP contribution in [-0.2, 0) is 11.0 Å². The average Bonchev–Trinajstić information content (AvgIpc) is 2.17. The van der Waals surface area contributed by atoms with Gasteiger partial charge in [0, 0.05) is 11.4 Å². The van der Waals surface area contributed by atoms with Crippen molar-refractivity contribution < 1.29 is 14.1 Å². The van der Waals surface area contributed by atoms with Gasteiger partial charge in [-0.3, -0.25) is 0 Å². The summed E-state index contributed by atoms with van der Waals surface area (Å²) in [5.41, 5.74) is 0.578. The second-order valence-electron chi connectivity index (χ2n) is 2.74. The van der Waals surface area contributed by atoms with Crippen molar-refractivity contribution in [1.82, 2.24) is 0 Å². The molecule has 2 N–H and O–H groups in total. The van der Waals surface area contributed by atoms with E-state index < -0.39 is 17.0 Å². The predicted octanol–water partition coefficient (Wildman–Crippen LogP) is 2.13. The van der Waals surface area contributed by atoms with Crippen molar-refractivity contribution in [3.63, 3.8) is 0 Å². The molecule has 1 aromatic carbocycles. The van der Waals surface area contributed by atoms with E-state index in [9.17, 15) is 9.00 Å². The maximum atomic E-state index is 11.2. The lowest BCUT2D eigenvalue weighted by molar-refractivity contribution is 0.0697. The van der Waals surface area contributed by atoms with Crippen LogP contribution in [0.25, 0.3) is 0 Å². The van der Waals surface area contributed by atoms with Crippen molar-refractivity contribution in [2.24, 2.45) is 0 Å². The van der Waals surface area contributed by atoms with E-state index in [1.807, 2.05) is 0 Å². The first-order valence-electron chi connectivity index (χ1n) is 4.22. The third kappa shape index (κ3) is 3.21. The molecule has 1 atom stereocenters. The highest BCUT2D eigenvalue weighted by atomic mass is 35.5. The Morgan fingerprint density at radius 3 is 2.73 bits per heavy atom. The van der Waals surface area contributed by atoms with Crippen molar-refractivity contribution >= 4 is 34.2 Å². The summed E-state index contributed by atoms with van der Waals surface area (Å²) in [5, 5.41) is 8.85. The summed E-state index contributed by atoms with van der Waals surface area (Å²) in [7, 11) is -1.16. The van der Waals surface area contributed by atoms with Crippen LogP contribution in [0.5, 0.6) is 0 Å². The summed E-state index contributed by atoms with van der Waals surface area (Å²) >= 11 is 5.73. The van der Waals surface area contributed by atoms with Gasteiger partial charge in [-0.1, -0.05) is 18.5 Å². The molecule has 6 heteroatoms. The van der Waals surface area contributed by atoms with Gasteiger partial charge in [0.2, 0.25) is 0 Å². The highest BCUT2D eigenvalue weighted by Gasteiger charge is 2.09. The summed E-state index contributed by atoms with van der Waals surface area (Å²) in [4.78, 5) is 10.6. The van der Waals surface area contributed by atoms with E-state index in [1.165, 1.54) is 18.2 Å². The van der Waals surface area contributed by atoms with Gasteiger partial charge in [0.25, 0.3) is 0 Å². The number of carboxylic acids is 1. The molecule has 15 heavy (non-hydrogen) atoms. The van der Waals surface area contributed by atoms with Crippen LogP contribution in [0.2, 0.25) is 5.02 Å². The van der Waals surface area contributed by atoms with E-state index in [4.69, 9.17) is 16.7 Å². The number of aromatic carboxylic acids is 1. The van der Waals surface area contributed by atoms with Crippen LogP contribution in [0.15, 0.2) is 18.2 Å². The van der Waals surface area contributed by atoms with Gasteiger partial charge < -0.3 is 9.83 Å². The smallest absolute Gasteiger partial charge is 0.337 e. The van der Waals surface area contributed by atoms with Crippen molar-refractivity contribution in [1.29, 1.82) is 0 Å². The highest BCUT2D eigenvalue weighted by Crippen LogP contribution is 2.21. The quantitative estimate of drug-likeness (QED) is 0.857. The highest BCUT2D eigenvalue weighted by molar-refractivity contribution is 7.86. The molecule has 1 unspecified atom stereocenters. The van der Waals surface area contributed by atoms with Gasteiger partial charge in [0.05, 0.1) is 10.6 Å². The minimum absolute atomic E-state index is 0.0319. The monoisotopic (exact) mass is 247 g/mol. The number of benzene rings is 1. The number of carboxylic acid groups (broad SMARTS) is 1. The van der Waals surface area contributed by atoms with Gasteiger partial charge in [-0.25, -0.2) is 9.00 Å². The van der Waals surface area contributed by atoms with E-state index in [0.29, 0.717) is 11.4 Å². The Bertz CT molecular complexity index is 408. The molecule has 0 amide bonds. The number of anilines is 1. The van der Waals surface area contributed by atoms with Crippen LogP contribution in [0.4, 0.5) is 5.69 Å². The Kier molecular flexibility index (Phi) is 4.11. The molecule has 82 valence electrons. The minimum atomic E-state index is -1.16. The minimum Gasteiger partial charge on any atom is -0.478 e. The lowest BCUT2D eigenvalue weighted by Gasteiger charge is -2.05. The van der Waals surface area contributed by atoms with E-state index in [2.05, 4.69) is 4.72 Å². The van der Waals surface area contributed by atoms with E-state index in [1.54, 1.807) is 6.92 Å². The molecule has 0 saturated carbocycles. The molecular formula is C9H10ClNO3S. The molecule has 4 nitrogen and oxygen atoms in total. The summed E-state index contributed by atoms with van der Waals surface area (Å²) in [6, 6.07) is 4.35. The van der Waals surface area contributed by atoms with Crippen LogP contribution < -0.4 is 4.72 Å². The maximum Gasteiger partial charge on any atom is 0.337 e. The number of hydrogen-bond donors (Lipinski definition) is 2. The first-order chi connectivity index (χ1) is 7.04. The fourth-order valence-electron chi connectivity index (χ4n) is 0.956. The molecule has 0 aliphatic heterocycles. The number of hydrogen-bond acceptors (Lipinski definition) is 2. The van der Waals surface area contributed by atoms with Gasteiger partial charge in [-0.15, -0.1) is 0 Å². The van der Waals surface area contributed by atoms with E-state index >= 15 is 0 Å². The molecule has 0 bridgehead atoms. The fraction of sp³-hybridized carbons (Fsp3) is 0.222. The maximum absolute atomic E-state index is 11.2. The Balaban J connectivity index is 2.91. The average molecular weight is 248 g/mol. The number of carbonyl (C=O) groups is 1. The molecule has 0 radical (unpaired) electrons. The second-order valence-corrected chi connectivity index (χ2v) is 4.62. The van der Waals surface area contributed by atoms with Gasteiger partial charge in [0.15, 0.2) is 0 Å². The first-order valence-corrected chi connectivity index (χ1v) is 5.92. The van der Waals surface area contributed by atoms with Crippen molar-refractivity contribution in [3.05, 3.63) is 28.8 Å². The molecule has 1 aromatic rings. The zero-order valence-electron chi connectivity index (χ0n) is 7.99. The zero-order valence-corrected chi connectivity index (χ0v) is 9.56. The summed E-state index contributed by atoms with van der Waals surface area (Å²) in [6.45, 7) is 1.77. The van der Waals surface area contributed by atoms with Crippen molar-refractivity contribution in [2.45, 2.75) is 6.92 Å². The molecule has 1 rings (SSSR count). The third-order valence-corrected chi connectivity index (χ3v) is 2.99. The Hall–Kier alpha value is -1.07. The Labute approximate surface area is 94.8 Å². The number of rotatable bonds is 4. The fourth-order valence-corrected chi connectivity index (χ4v) is 1.75. The van der Waals surface area contributed by atoms with Crippen molar-refractivity contribution in [2.75, 3.05) is 10.5 Å². The second kappa shape index (κ2) is 5.14. The van der Waals surface area contributed by atoms with Crippen LogP contribution in [0.1, 0.15) is 17.3 Å². The molecule has 0 spiro atoms. The van der Waals surface area contributed by atoms with Crippen molar-refractivity contribution in [3.8, 4) is 0 Å². The largest absolute Gasteiger partial charge is 0.478 e. The topological polar surface area (TPSA) is 66.4 Å². The van der Waals surface area contributed by atoms with Crippen LogP contribution >= 0.6 is 11.6 Å². The first kappa shape index (κ1) is 12.0. The standard InChI is InChI=1S/C9H10ClNO3S/c1-2-15(14)11-6-3-4-7(9(12)13)8(10)5-6/h3-5,11H,2H2,1H3,(H,12,13). The lowest BCUT2D eigenvalue weighted by atomic mass is 10.2. The van der Waals surface area contributed by atoms with Gasteiger partial charge in [-0.2, -0.15) is 0 Å². The molecule has 0 fully saturated rings. The number of halogens is 1. The van der Waals surface area contributed by atoms with E-state index in [-0.39, 0.29) is 10.6 Å². The molecular weight excluding hydrogens is 238 g/mol. The zero-order chi connectivity index (χ0) is 11.4. The lowest BCUT2D eigenvalue weighted by Crippen LogP contribution is -2.06. The van der Waals surface area contributed by atoms with Gasteiger partial charge >= 0.3 is 5.97 Å². The third-order valence-electron chi connectivity index (χ3n) is 1.69. The molecule has 0 aliphatic rings.